The molecule has 3 heterocycles. The number of fused-ring (bicyclic) bond motifs is 4. The summed E-state index contributed by atoms with van der Waals surface area (Å²) in [6, 6.07) is 10.1. The zero-order chi connectivity index (χ0) is 16.5. The van der Waals surface area contributed by atoms with E-state index in [4.69, 9.17) is 0 Å². The van der Waals surface area contributed by atoms with Crippen LogP contribution in [0.5, 0.6) is 0 Å². The summed E-state index contributed by atoms with van der Waals surface area (Å²) in [5, 5.41) is 0. The van der Waals surface area contributed by atoms with Crippen LogP contribution in [0, 0.1) is 11.8 Å². The second kappa shape index (κ2) is 6.42. The lowest BCUT2D eigenvalue weighted by molar-refractivity contribution is -0.140. The molecule has 1 saturated carbocycles. The normalized spacial score (nSPS) is 26.9. The van der Waals surface area contributed by atoms with Crippen molar-refractivity contribution in [3.63, 3.8) is 0 Å². The molecule has 4 fully saturated rings. The van der Waals surface area contributed by atoms with Crippen LogP contribution in [0.1, 0.15) is 31.2 Å². The van der Waals surface area contributed by atoms with E-state index in [2.05, 4.69) is 4.90 Å². The lowest BCUT2D eigenvalue weighted by atomic mass is 9.94. The van der Waals surface area contributed by atoms with Crippen molar-refractivity contribution in [3.8, 4) is 0 Å². The summed E-state index contributed by atoms with van der Waals surface area (Å²) < 4.78 is 0. The first-order valence-electron chi connectivity index (χ1n) is 9.03. The topological polar surface area (TPSA) is 40.6 Å². The summed E-state index contributed by atoms with van der Waals surface area (Å²) in [4.78, 5) is 29.3. The van der Waals surface area contributed by atoms with Gasteiger partial charge in [0.25, 0.3) is 0 Å². The molecule has 2 amide bonds. The van der Waals surface area contributed by atoms with Crippen molar-refractivity contribution in [2.75, 3.05) is 19.6 Å². The van der Waals surface area contributed by atoms with E-state index in [-0.39, 0.29) is 23.8 Å². The van der Waals surface area contributed by atoms with Crippen molar-refractivity contribution >= 4 is 17.9 Å². The lowest BCUT2D eigenvalue weighted by Gasteiger charge is -2.36. The Morgan fingerprint density at radius 1 is 1.08 bits per heavy atom. The van der Waals surface area contributed by atoms with Gasteiger partial charge in [-0.1, -0.05) is 30.3 Å². The number of carbonyl (C=O) groups is 2. The minimum atomic E-state index is -0.00317. The molecule has 4 aliphatic rings. The van der Waals surface area contributed by atoms with Gasteiger partial charge in [-0.2, -0.15) is 0 Å². The number of amides is 2. The summed E-state index contributed by atoms with van der Waals surface area (Å²) in [6.45, 7) is 2.17. The van der Waals surface area contributed by atoms with Gasteiger partial charge in [0.15, 0.2) is 0 Å². The van der Waals surface area contributed by atoms with Crippen molar-refractivity contribution < 1.29 is 9.59 Å². The maximum absolute atomic E-state index is 12.7. The van der Waals surface area contributed by atoms with E-state index in [1.165, 1.54) is 12.8 Å². The van der Waals surface area contributed by atoms with E-state index < -0.39 is 0 Å². The summed E-state index contributed by atoms with van der Waals surface area (Å²) in [5.74, 6) is 1.00. The van der Waals surface area contributed by atoms with Crippen LogP contribution < -0.4 is 0 Å². The Morgan fingerprint density at radius 3 is 2.62 bits per heavy atom. The smallest absolute Gasteiger partial charge is 0.246 e. The molecule has 0 radical (unpaired) electrons. The summed E-state index contributed by atoms with van der Waals surface area (Å²) in [6.07, 6.45) is 7.98. The highest BCUT2D eigenvalue weighted by Gasteiger charge is 2.43. The van der Waals surface area contributed by atoms with Crippen LogP contribution in [0.25, 0.3) is 6.08 Å². The monoisotopic (exact) mass is 324 g/mol. The highest BCUT2D eigenvalue weighted by Crippen LogP contribution is 2.35. The maximum atomic E-state index is 12.7. The maximum Gasteiger partial charge on any atom is 0.246 e. The third kappa shape index (κ3) is 3.23. The summed E-state index contributed by atoms with van der Waals surface area (Å²) in [5.41, 5.74) is 1.02. The number of benzene rings is 1. The third-order valence-corrected chi connectivity index (χ3v) is 5.47. The molecule has 2 bridgehead atoms. The molecular weight excluding hydrogens is 300 g/mol. The Morgan fingerprint density at radius 2 is 1.88 bits per heavy atom. The standard InChI is InChI=1S/C20H24N2O2/c23-19(11-8-15-4-2-1-3-5-15)21-13-17-9-10-18(14-21)22(20(17)24)12-16-6-7-16/h1-5,8,11,16-18H,6-7,9-10,12-14H2/t17-,18+/m0/s1. The zero-order valence-corrected chi connectivity index (χ0v) is 13.9. The van der Waals surface area contributed by atoms with Gasteiger partial charge in [0.05, 0.1) is 5.92 Å². The summed E-state index contributed by atoms with van der Waals surface area (Å²) in [7, 11) is 0. The number of carbonyl (C=O) groups excluding carboxylic acids is 2. The van der Waals surface area contributed by atoms with Crippen LogP contribution in [-0.4, -0.2) is 47.3 Å². The number of piperidine rings is 1. The van der Waals surface area contributed by atoms with Crippen LogP contribution in [0.2, 0.25) is 0 Å². The minimum absolute atomic E-state index is 0.00317. The van der Waals surface area contributed by atoms with E-state index in [1.807, 2.05) is 41.3 Å². The van der Waals surface area contributed by atoms with Crippen LogP contribution >= 0.6 is 0 Å². The summed E-state index contributed by atoms with van der Waals surface area (Å²) >= 11 is 0. The van der Waals surface area contributed by atoms with Crippen LogP contribution in [-0.2, 0) is 9.59 Å². The SMILES string of the molecule is O=C(C=Cc1ccccc1)N1C[C@@H]2CC[C@H](C1)N(CC1CC1)C2=O. The van der Waals surface area contributed by atoms with E-state index in [0.717, 1.165) is 24.9 Å². The highest BCUT2D eigenvalue weighted by molar-refractivity contribution is 5.92. The molecule has 1 aliphatic carbocycles. The first-order valence-corrected chi connectivity index (χ1v) is 9.03. The minimum Gasteiger partial charge on any atom is -0.337 e. The largest absolute Gasteiger partial charge is 0.337 e. The Labute approximate surface area is 143 Å². The molecule has 4 nitrogen and oxygen atoms in total. The predicted octanol–water partition coefficient (Wildman–Crippen LogP) is 2.56. The average Bonchev–Trinajstić information content (AvgIpc) is 3.44. The quantitative estimate of drug-likeness (QED) is 0.799. The second-order valence-corrected chi connectivity index (χ2v) is 7.35. The average molecular weight is 324 g/mol. The van der Waals surface area contributed by atoms with E-state index in [0.29, 0.717) is 19.0 Å². The highest BCUT2D eigenvalue weighted by atomic mass is 16.2. The molecule has 2 atom stereocenters. The van der Waals surface area contributed by atoms with Gasteiger partial charge in [0, 0.05) is 31.8 Å². The fourth-order valence-corrected chi connectivity index (χ4v) is 3.88. The lowest BCUT2D eigenvalue weighted by Crippen LogP contribution is -2.48. The second-order valence-electron chi connectivity index (χ2n) is 7.35. The molecule has 1 aromatic carbocycles. The van der Waals surface area contributed by atoms with Crippen molar-refractivity contribution in [1.82, 2.24) is 9.80 Å². The Balaban J connectivity index is 1.45. The van der Waals surface area contributed by atoms with Gasteiger partial charge < -0.3 is 9.80 Å². The number of hydrogen-bond donors (Lipinski definition) is 0. The van der Waals surface area contributed by atoms with E-state index >= 15 is 0 Å². The first-order chi connectivity index (χ1) is 11.7. The van der Waals surface area contributed by atoms with Gasteiger partial charge in [-0.15, -0.1) is 0 Å². The third-order valence-electron chi connectivity index (χ3n) is 5.47. The first kappa shape index (κ1) is 15.4. The molecule has 1 aromatic rings. The number of nitrogens with zero attached hydrogens (tertiary/aromatic N) is 2. The van der Waals surface area contributed by atoms with Gasteiger partial charge in [-0.3, -0.25) is 9.59 Å². The molecule has 24 heavy (non-hydrogen) atoms. The van der Waals surface area contributed by atoms with E-state index in [1.54, 1.807) is 6.08 Å². The van der Waals surface area contributed by atoms with Gasteiger partial charge in [0.1, 0.15) is 0 Å². The van der Waals surface area contributed by atoms with Gasteiger partial charge in [-0.05, 0) is 43.2 Å². The molecule has 5 rings (SSSR count). The predicted molar refractivity (Wildman–Crippen MR) is 93.0 cm³/mol. The van der Waals surface area contributed by atoms with Gasteiger partial charge in [-0.25, -0.2) is 0 Å². The van der Waals surface area contributed by atoms with E-state index in [9.17, 15) is 9.59 Å². The molecule has 0 unspecified atom stereocenters. The number of rotatable bonds is 4. The van der Waals surface area contributed by atoms with Crippen molar-refractivity contribution in [3.05, 3.63) is 42.0 Å². The molecule has 0 aromatic heterocycles. The molecule has 3 aliphatic heterocycles. The zero-order valence-electron chi connectivity index (χ0n) is 13.9. The fourth-order valence-electron chi connectivity index (χ4n) is 3.88. The van der Waals surface area contributed by atoms with Crippen LogP contribution in [0.4, 0.5) is 0 Å². The van der Waals surface area contributed by atoms with Crippen LogP contribution in [0.15, 0.2) is 36.4 Å². The molecule has 126 valence electrons. The fraction of sp³-hybridized carbons (Fsp3) is 0.500. The Kier molecular flexibility index (Phi) is 4.13. The van der Waals surface area contributed by atoms with Gasteiger partial charge in [0.2, 0.25) is 11.8 Å². The number of hydrogen-bond acceptors (Lipinski definition) is 2. The van der Waals surface area contributed by atoms with Gasteiger partial charge >= 0.3 is 0 Å². The van der Waals surface area contributed by atoms with Crippen LogP contribution in [0.3, 0.4) is 0 Å². The van der Waals surface area contributed by atoms with Crippen molar-refractivity contribution in [1.29, 1.82) is 0 Å². The molecule has 0 spiro atoms. The molecule has 0 N–H and O–H groups in total. The van der Waals surface area contributed by atoms with Crippen molar-refractivity contribution in [2.24, 2.45) is 11.8 Å². The molecule has 3 saturated heterocycles. The Hall–Kier alpha value is -2.10. The molecule has 4 heteroatoms. The molecular formula is C20H24N2O2. The van der Waals surface area contributed by atoms with Crippen molar-refractivity contribution in [2.45, 2.75) is 31.7 Å². The Bertz CT molecular complexity index is 651.